The molecule has 8 nitrogen and oxygen atoms in total. The Kier molecular flexibility index (Phi) is 8.17. The van der Waals surface area contributed by atoms with Gasteiger partial charge in [0.25, 0.3) is 0 Å². The van der Waals surface area contributed by atoms with Crippen LogP contribution in [0.2, 0.25) is 0 Å². The second kappa shape index (κ2) is 10.8. The molecule has 162 valence electrons. The van der Waals surface area contributed by atoms with E-state index in [1.807, 2.05) is 6.07 Å². The lowest BCUT2D eigenvalue weighted by atomic mass is 9.82. The van der Waals surface area contributed by atoms with Crippen LogP contribution < -0.4 is 10.1 Å². The fraction of sp³-hybridized carbons (Fsp3) is 0.261. The highest BCUT2D eigenvalue weighted by Gasteiger charge is 2.33. The van der Waals surface area contributed by atoms with Crippen LogP contribution in [0.4, 0.5) is 10.5 Å². The van der Waals surface area contributed by atoms with Crippen molar-refractivity contribution in [2.24, 2.45) is 5.41 Å². The number of benzene rings is 2. The van der Waals surface area contributed by atoms with Gasteiger partial charge >= 0.3 is 12.1 Å². The molecule has 0 unspecified atom stereocenters. The normalized spacial score (nSPS) is 12.1. The maximum atomic E-state index is 12.6. The number of carbonyl (C=O) groups excluding carboxylic acids is 1. The zero-order valence-corrected chi connectivity index (χ0v) is 17.2. The first-order valence-corrected chi connectivity index (χ1v) is 9.49. The molecule has 31 heavy (non-hydrogen) atoms. The number of aliphatic hydroxyl groups excluding tert-OH is 1. The summed E-state index contributed by atoms with van der Waals surface area (Å²) in [4.78, 5) is 23.6. The highest BCUT2D eigenvalue weighted by molar-refractivity contribution is 5.85. The Labute approximate surface area is 180 Å². The molecule has 2 rings (SSSR count). The van der Waals surface area contributed by atoms with Crippen molar-refractivity contribution in [3.05, 3.63) is 71.8 Å². The lowest BCUT2D eigenvalue weighted by molar-refractivity contribution is -0.131. The van der Waals surface area contributed by atoms with Crippen molar-refractivity contribution in [3.63, 3.8) is 0 Å². The minimum atomic E-state index is -1.12. The van der Waals surface area contributed by atoms with Crippen molar-refractivity contribution in [3.8, 4) is 11.8 Å². The minimum absolute atomic E-state index is 0.108. The molecule has 0 radical (unpaired) electrons. The highest BCUT2D eigenvalue weighted by Crippen LogP contribution is 2.39. The van der Waals surface area contributed by atoms with Crippen LogP contribution in [0.25, 0.3) is 0 Å². The van der Waals surface area contributed by atoms with Gasteiger partial charge in [-0.2, -0.15) is 5.26 Å². The van der Waals surface area contributed by atoms with E-state index in [0.717, 1.165) is 6.08 Å². The number of anilines is 1. The number of ether oxygens (including phenoxy) is 2. The monoisotopic (exact) mass is 424 g/mol. The van der Waals surface area contributed by atoms with Crippen molar-refractivity contribution < 1.29 is 29.3 Å². The third kappa shape index (κ3) is 7.17. The summed E-state index contributed by atoms with van der Waals surface area (Å²) in [6, 6.07) is 15.1. The van der Waals surface area contributed by atoms with Crippen LogP contribution in [0.5, 0.6) is 5.75 Å². The molecule has 0 bridgehead atoms. The van der Waals surface area contributed by atoms with Gasteiger partial charge in [-0.1, -0.05) is 32.1 Å². The van der Waals surface area contributed by atoms with Gasteiger partial charge in [-0.3, -0.25) is 5.32 Å². The Bertz CT molecular complexity index is 976. The van der Waals surface area contributed by atoms with E-state index in [-0.39, 0.29) is 13.2 Å². The maximum Gasteiger partial charge on any atom is 0.412 e. The molecule has 2 aromatic rings. The number of carboxylic acids is 1. The quantitative estimate of drug-likeness (QED) is 0.521. The first-order chi connectivity index (χ1) is 14.7. The number of amides is 1. The molecule has 0 fully saturated rings. The molecule has 0 saturated heterocycles. The predicted octanol–water partition coefficient (Wildman–Crippen LogP) is 3.89. The molecule has 0 spiro atoms. The fourth-order valence-electron chi connectivity index (χ4n) is 2.84. The van der Waals surface area contributed by atoms with Gasteiger partial charge in [0.15, 0.2) is 0 Å². The Hall–Kier alpha value is -3.83. The van der Waals surface area contributed by atoms with Crippen molar-refractivity contribution in [1.29, 1.82) is 5.26 Å². The summed E-state index contributed by atoms with van der Waals surface area (Å²) in [5.41, 5.74) is 0.610. The lowest BCUT2D eigenvalue weighted by Crippen LogP contribution is -2.28. The molecule has 0 aliphatic carbocycles. The molecule has 0 aromatic heterocycles. The van der Waals surface area contributed by atoms with Gasteiger partial charge in [-0.15, -0.1) is 0 Å². The van der Waals surface area contributed by atoms with E-state index in [4.69, 9.17) is 24.9 Å². The standard InChI is InChI=1S/C23H24N2O6/c1-23(2,11-10-20(27)28)21(17-4-3-5-19(14-17)30-13-12-26)31-22(29)25-18-8-6-16(15-24)7-9-18/h3-11,14,21,26H,12-13H2,1-2H3,(H,25,29)(H,27,28)/b11-10+/t21-/m0/s1. The van der Waals surface area contributed by atoms with Gasteiger partial charge in [0.1, 0.15) is 18.5 Å². The Morgan fingerprint density at radius 3 is 2.55 bits per heavy atom. The van der Waals surface area contributed by atoms with Crippen LogP contribution in [0.3, 0.4) is 0 Å². The molecule has 3 N–H and O–H groups in total. The Balaban J connectivity index is 2.29. The van der Waals surface area contributed by atoms with Gasteiger partial charge in [0.2, 0.25) is 0 Å². The highest BCUT2D eigenvalue weighted by atomic mass is 16.6. The maximum absolute atomic E-state index is 12.6. The third-order valence-electron chi connectivity index (χ3n) is 4.34. The summed E-state index contributed by atoms with van der Waals surface area (Å²) in [5, 5.41) is 29.5. The van der Waals surface area contributed by atoms with E-state index in [1.54, 1.807) is 62.4 Å². The number of nitrogens with one attached hydrogen (secondary N) is 1. The molecule has 2 aromatic carbocycles. The number of hydrogen-bond acceptors (Lipinski definition) is 6. The Morgan fingerprint density at radius 2 is 1.94 bits per heavy atom. The molecule has 0 heterocycles. The van der Waals surface area contributed by atoms with Gasteiger partial charge in [-0.05, 0) is 42.0 Å². The summed E-state index contributed by atoms with van der Waals surface area (Å²) in [6.07, 6.45) is 0.865. The van der Waals surface area contributed by atoms with Crippen molar-refractivity contribution in [1.82, 2.24) is 0 Å². The number of nitrogens with zero attached hydrogens (tertiary/aromatic N) is 1. The number of aliphatic hydroxyl groups is 1. The predicted molar refractivity (Wildman–Crippen MR) is 114 cm³/mol. The smallest absolute Gasteiger partial charge is 0.412 e. The van der Waals surface area contributed by atoms with E-state index < -0.39 is 23.6 Å². The second-order valence-electron chi connectivity index (χ2n) is 7.24. The van der Waals surface area contributed by atoms with Crippen molar-refractivity contribution in [2.45, 2.75) is 20.0 Å². The van der Waals surface area contributed by atoms with Gasteiger partial charge < -0.3 is 19.7 Å². The van der Waals surface area contributed by atoms with Crippen LogP contribution in [0.1, 0.15) is 31.1 Å². The first kappa shape index (κ1) is 23.4. The van der Waals surface area contributed by atoms with E-state index in [9.17, 15) is 9.59 Å². The summed E-state index contributed by atoms with van der Waals surface area (Å²) in [7, 11) is 0. The zero-order chi connectivity index (χ0) is 22.9. The second-order valence-corrected chi connectivity index (χ2v) is 7.24. The molecular weight excluding hydrogens is 400 g/mol. The Morgan fingerprint density at radius 1 is 1.23 bits per heavy atom. The summed E-state index contributed by atoms with van der Waals surface area (Å²) < 4.78 is 11.1. The average Bonchev–Trinajstić information content (AvgIpc) is 2.75. The summed E-state index contributed by atoms with van der Waals surface area (Å²) in [6.45, 7) is 3.45. The number of rotatable bonds is 9. The number of carbonyl (C=O) groups is 2. The SMILES string of the molecule is CC(C)(/C=C/C(=O)O)[C@@H](OC(=O)Nc1ccc(C#N)cc1)c1cccc(OCCO)c1. The van der Waals surface area contributed by atoms with Gasteiger partial charge in [0, 0.05) is 17.2 Å². The van der Waals surface area contributed by atoms with Crippen molar-refractivity contribution in [2.75, 3.05) is 18.5 Å². The molecular formula is C23H24N2O6. The van der Waals surface area contributed by atoms with E-state index >= 15 is 0 Å². The first-order valence-electron chi connectivity index (χ1n) is 9.49. The van der Waals surface area contributed by atoms with Crippen LogP contribution in [0.15, 0.2) is 60.7 Å². The molecule has 0 saturated carbocycles. The fourth-order valence-corrected chi connectivity index (χ4v) is 2.84. The van der Waals surface area contributed by atoms with E-state index in [0.29, 0.717) is 22.6 Å². The van der Waals surface area contributed by atoms with Crippen LogP contribution >= 0.6 is 0 Å². The lowest BCUT2D eigenvalue weighted by Gasteiger charge is -2.31. The molecule has 8 heteroatoms. The largest absolute Gasteiger partial charge is 0.491 e. The summed E-state index contributed by atoms with van der Waals surface area (Å²) >= 11 is 0. The van der Waals surface area contributed by atoms with Crippen molar-refractivity contribution >= 4 is 17.7 Å². The summed E-state index contributed by atoms with van der Waals surface area (Å²) in [5.74, 6) is -0.639. The number of hydrogen-bond donors (Lipinski definition) is 3. The molecule has 1 amide bonds. The van der Waals surface area contributed by atoms with E-state index in [2.05, 4.69) is 5.32 Å². The van der Waals surface area contributed by atoms with Crippen LogP contribution in [-0.2, 0) is 9.53 Å². The van der Waals surface area contributed by atoms with E-state index in [1.165, 1.54) is 6.08 Å². The van der Waals surface area contributed by atoms with Gasteiger partial charge in [0.05, 0.1) is 18.2 Å². The van der Waals surface area contributed by atoms with Gasteiger partial charge in [-0.25, -0.2) is 9.59 Å². The van der Waals surface area contributed by atoms with Crippen LogP contribution in [0, 0.1) is 16.7 Å². The molecule has 0 aliphatic rings. The number of nitriles is 1. The zero-order valence-electron chi connectivity index (χ0n) is 17.2. The minimum Gasteiger partial charge on any atom is -0.491 e. The topological polar surface area (TPSA) is 129 Å². The average molecular weight is 424 g/mol. The molecule has 1 atom stereocenters. The van der Waals surface area contributed by atoms with Crippen LogP contribution in [-0.4, -0.2) is 35.5 Å². The third-order valence-corrected chi connectivity index (χ3v) is 4.34. The number of carboxylic acid groups (broad SMARTS) is 1. The number of aliphatic carboxylic acids is 1. The molecule has 0 aliphatic heterocycles.